The van der Waals surface area contributed by atoms with E-state index in [0.29, 0.717) is 30.4 Å². The van der Waals surface area contributed by atoms with Gasteiger partial charge < -0.3 is 19.5 Å². The molecule has 3 aromatic rings. The summed E-state index contributed by atoms with van der Waals surface area (Å²) in [5.74, 6) is 1.45. The first-order valence-corrected chi connectivity index (χ1v) is 16.2. The lowest BCUT2D eigenvalue weighted by Crippen LogP contribution is -2.34. The smallest absolute Gasteiger partial charge is 0.262 e. The number of aromatic nitrogens is 1. The van der Waals surface area contributed by atoms with Gasteiger partial charge in [0, 0.05) is 12.5 Å². The van der Waals surface area contributed by atoms with Crippen LogP contribution in [0.2, 0.25) is 0 Å². The molecule has 0 fully saturated rings. The number of hydrogen-bond acceptors (Lipinski definition) is 5. The number of methoxy groups -OCH3 is 1. The van der Waals surface area contributed by atoms with Crippen molar-refractivity contribution in [3.8, 4) is 17.2 Å². The van der Waals surface area contributed by atoms with Gasteiger partial charge in [0.15, 0.2) is 30.8 Å². The molecule has 0 spiro atoms. The average Bonchev–Trinajstić information content (AvgIpc) is 3.39. The van der Waals surface area contributed by atoms with Crippen LogP contribution in [-0.4, -0.2) is 26.2 Å². The van der Waals surface area contributed by atoms with Gasteiger partial charge in [-0.1, -0.05) is 113 Å². The molecule has 1 heterocycles. The molecular formula is C34H49N2O4S+. The van der Waals surface area contributed by atoms with Crippen molar-refractivity contribution >= 4 is 22.9 Å². The maximum Gasteiger partial charge on any atom is 0.262 e. The predicted molar refractivity (Wildman–Crippen MR) is 168 cm³/mol. The van der Waals surface area contributed by atoms with E-state index in [4.69, 9.17) is 14.2 Å². The predicted octanol–water partition coefficient (Wildman–Crippen LogP) is 8.50. The Hall–Kier alpha value is -3.06. The van der Waals surface area contributed by atoms with E-state index in [1.54, 1.807) is 18.4 Å². The summed E-state index contributed by atoms with van der Waals surface area (Å²) < 4.78 is 19.7. The van der Waals surface area contributed by atoms with Gasteiger partial charge in [-0.25, -0.2) is 0 Å². The summed E-state index contributed by atoms with van der Waals surface area (Å²) in [5, 5.41) is 6.29. The lowest BCUT2D eigenvalue weighted by molar-refractivity contribution is -0.689. The van der Waals surface area contributed by atoms with Crippen molar-refractivity contribution in [3.63, 3.8) is 0 Å². The van der Waals surface area contributed by atoms with Crippen LogP contribution in [0.3, 0.4) is 0 Å². The van der Waals surface area contributed by atoms with E-state index >= 15 is 0 Å². The molecule has 3 rings (SSSR count). The van der Waals surface area contributed by atoms with Crippen molar-refractivity contribution < 1.29 is 23.6 Å². The fourth-order valence-electron chi connectivity index (χ4n) is 4.86. The molecule has 0 aliphatic carbocycles. The van der Waals surface area contributed by atoms with Gasteiger partial charge in [0.05, 0.1) is 24.8 Å². The lowest BCUT2D eigenvalue weighted by Gasteiger charge is -2.16. The van der Waals surface area contributed by atoms with E-state index in [2.05, 4.69) is 35.3 Å². The van der Waals surface area contributed by atoms with Gasteiger partial charge in [-0.3, -0.25) is 4.79 Å². The molecule has 224 valence electrons. The van der Waals surface area contributed by atoms with Crippen LogP contribution in [0, 0.1) is 6.92 Å². The molecule has 1 aromatic heterocycles. The molecule has 7 heteroatoms. The zero-order valence-corrected chi connectivity index (χ0v) is 26.1. The number of hydrogen-bond donors (Lipinski definition) is 1. The summed E-state index contributed by atoms with van der Waals surface area (Å²) in [4.78, 5) is 12.8. The number of anilines is 1. The number of nitrogens with one attached hydrogen (secondary N) is 1. The van der Waals surface area contributed by atoms with Crippen molar-refractivity contribution in [2.75, 3.05) is 25.6 Å². The minimum absolute atomic E-state index is 0.124. The molecule has 6 nitrogen and oxygen atoms in total. The Kier molecular flexibility index (Phi) is 15.1. The fourth-order valence-corrected chi connectivity index (χ4v) is 5.53. The highest BCUT2D eigenvalue weighted by Crippen LogP contribution is 2.37. The number of unbranched alkanes of at least 4 members (excludes halogenated alkanes) is 11. The topological polar surface area (TPSA) is 60.7 Å². The number of rotatable bonds is 21. The number of carbonyl (C=O) groups excluding carboxylic acids is 1. The monoisotopic (exact) mass is 581 g/mol. The van der Waals surface area contributed by atoms with E-state index in [0.717, 1.165) is 24.1 Å². The summed E-state index contributed by atoms with van der Waals surface area (Å²) in [7, 11) is 1.62. The summed E-state index contributed by atoms with van der Waals surface area (Å²) in [6, 6.07) is 13.4. The van der Waals surface area contributed by atoms with Gasteiger partial charge in [-0.05, 0) is 24.6 Å². The molecule has 1 N–H and O–H groups in total. The highest BCUT2D eigenvalue weighted by molar-refractivity contribution is 7.09. The van der Waals surface area contributed by atoms with Gasteiger partial charge in [-0.15, -0.1) is 0 Å². The van der Waals surface area contributed by atoms with Crippen LogP contribution in [-0.2, 0) is 11.3 Å². The van der Waals surface area contributed by atoms with Gasteiger partial charge in [-0.2, -0.15) is 4.57 Å². The third-order valence-electron chi connectivity index (χ3n) is 7.28. The van der Waals surface area contributed by atoms with E-state index in [-0.39, 0.29) is 12.5 Å². The average molecular weight is 582 g/mol. The van der Waals surface area contributed by atoms with Gasteiger partial charge >= 0.3 is 0 Å². The van der Waals surface area contributed by atoms with Gasteiger partial charge in [0.2, 0.25) is 10.8 Å². The Labute approximate surface area is 251 Å². The number of carbonyl (C=O) groups is 1. The number of benzene rings is 2. The molecule has 0 unspecified atom stereocenters. The maximum absolute atomic E-state index is 12.8. The number of para-hydroxylation sites is 2. The molecule has 1 amide bonds. The zero-order valence-electron chi connectivity index (χ0n) is 25.3. The molecule has 0 bridgehead atoms. The third kappa shape index (κ3) is 11.8. The molecule has 2 aromatic carbocycles. The molecule has 41 heavy (non-hydrogen) atoms. The van der Waals surface area contributed by atoms with Crippen molar-refractivity contribution in [2.45, 2.75) is 97.4 Å². The fraction of sp³-hybridized carbons (Fsp3) is 0.529. The van der Waals surface area contributed by atoms with Crippen LogP contribution in [0.15, 0.2) is 54.0 Å². The molecule has 0 aliphatic heterocycles. The van der Waals surface area contributed by atoms with E-state index < -0.39 is 0 Å². The molecule has 0 aliphatic rings. The molecule has 0 saturated heterocycles. The molecule has 0 saturated carbocycles. The summed E-state index contributed by atoms with van der Waals surface area (Å²) in [5.41, 5.74) is 1.83. The van der Waals surface area contributed by atoms with Crippen LogP contribution in [0.4, 0.5) is 5.69 Å². The number of aryl methyl sites for hydroxylation is 1. The molecular weight excluding hydrogens is 532 g/mol. The van der Waals surface area contributed by atoms with Gasteiger partial charge in [0.25, 0.3) is 5.91 Å². The van der Waals surface area contributed by atoms with Crippen molar-refractivity contribution in [1.82, 2.24) is 0 Å². The Morgan fingerprint density at radius 1 is 0.829 bits per heavy atom. The number of thiazole rings is 1. The summed E-state index contributed by atoms with van der Waals surface area (Å²) in [6.45, 7) is 5.52. The second-order valence-electron chi connectivity index (χ2n) is 10.6. The Balaban J connectivity index is 1.40. The zero-order chi connectivity index (χ0) is 29.1. The quantitative estimate of drug-likeness (QED) is 0.101. The highest BCUT2D eigenvalue weighted by Gasteiger charge is 2.16. The largest absolute Gasteiger partial charge is 0.493 e. The van der Waals surface area contributed by atoms with Crippen molar-refractivity contribution in [2.24, 2.45) is 0 Å². The summed E-state index contributed by atoms with van der Waals surface area (Å²) >= 11 is 1.70. The van der Waals surface area contributed by atoms with Crippen molar-refractivity contribution in [1.29, 1.82) is 0 Å². The first kappa shape index (κ1) is 32.5. The normalized spacial score (nSPS) is 10.9. The summed E-state index contributed by atoms with van der Waals surface area (Å²) in [6.07, 6.45) is 17.7. The Morgan fingerprint density at radius 3 is 2.15 bits per heavy atom. The van der Waals surface area contributed by atoms with E-state index in [9.17, 15) is 4.79 Å². The Morgan fingerprint density at radius 2 is 1.49 bits per heavy atom. The SMILES string of the molecule is CCCCCCCCCCCCCCOc1c(OC)cccc1OCC(=O)Nc1ccccc1C[n+]1ccsc1C. The number of nitrogens with zero attached hydrogens (tertiary/aromatic N) is 1. The standard InChI is InChI=1S/C34H48N2O4S/c1-4-5-6-7-8-9-10-11-12-13-14-17-24-39-34-31(38-3)21-18-22-32(34)40-27-33(37)35-30-20-16-15-19-29(30)26-36-23-25-41-28(36)2/h15-16,18-23,25H,4-14,17,24,26-27H2,1-3H3/p+1. The highest BCUT2D eigenvalue weighted by atomic mass is 32.1. The van der Waals surface area contributed by atoms with Gasteiger partial charge in [0.1, 0.15) is 0 Å². The van der Waals surface area contributed by atoms with E-state index in [1.165, 1.54) is 69.2 Å². The number of amides is 1. The van der Waals surface area contributed by atoms with Crippen LogP contribution in [0.25, 0.3) is 0 Å². The molecule has 0 radical (unpaired) electrons. The maximum atomic E-state index is 12.8. The van der Waals surface area contributed by atoms with Crippen molar-refractivity contribution in [3.05, 3.63) is 64.6 Å². The minimum atomic E-state index is -0.223. The lowest BCUT2D eigenvalue weighted by atomic mass is 10.1. The van der Waals surface area contributed by atoms with E-state index in [1.807, 2.05) is 42.5 Å². The number of ether oxygens (including phenoxy) is 3. The molecule has 0 atom stereocenters. The second kappa shape index (κ2) is 19.1. The second-order valence-corrected chi connectivity index (χ2v) is 11.7. The van der Waals surface area contributed by atoms with Crippen LogP contribution in [0.5, 0.6) is 17.2 Å². The van der Waals surface area contributed by atoms with Crippen LogP contribution in [0.1, 0.15) is 94.5 Å². The first-order chi connectivity index (χ1) is 20.1. The van der Waals surface area contributed by atoms with Crippen LogP contribution >= 0.6 is 11.3 Å². The first-order valence-electron chi connectivity index (χ1n) is 15.4. The third-order valence-corrected chi connectivity index (χ3v) is 8.12. The minimum Gasteiger partial charge on any atom is -0.493 e. The van der Waals surface area contributed by atoms with Crippen LogP contribution < -0.4 is 24.1 Å². The Bertz CT molecular complexity index is 1160.